The topological polar surface area (TPSA) is 37.3 Å². The van der Waals surface area contributed by atoms with Crippen LogP contribution in [-0.4, -0.2) is 11.1 Å². The number of halogens is 2. The van der Waals surface area contributed by atoms with Gasteiger partial charge < -0.3 is 5.11 Å². The molecule has 1 fully saturated rings. The van der Waals surface area contributed by atoms with E-state index in [0.29, 0.717) is 16.5 Å². The Morgan fingerprint density at radius 2 is 2.00 bits per heavy atom. The van der Waals surface area contributed by atoms with E-state index in [0.717, 1.165) is 0 Å². The van der Waals surface area contributed by atoms with Crippen molar-refractivity contribution < 1.29 is 14.3 Å². The van der Waals surface area contributed by atoms with Crippen LogP contribution in [0.1, 0.15) is 25.8 Å². The van der Waals surface area contributed by atoms with E-state index in [1.54, 1.807) is 6.07 Å². The van der Waals surface area contributed by atoms with Crippen LogP contribution in [0, 0.1) is 11.2 Å². The largest absolute Gasteiger partial charge is 0.481 e. The highest BCUT2D eigenvalue weighted by molar-refractivity contribution is 9.10. The molecule has 1 aromatic rings. The first kappa shape index (κ1) is 11.6. The van der Waals surface area contributed by atoms with Crippen molar-refractivity contribution in [1.82, 2.24) is 0 Å². The van der Waals surface area contributed by atoms with Gasteiger partial charge in [0.1, 0.15) is 5.82 Å². The highest BCUT2D eigenvalue weighted by Gasteiger charge is 2.67. The number of carboxylic acids is 1. The van der Waals surface area contributed by atoms with Gasteiger partial charge in [0, 0.05) is 4.47 Å². The summed E-state index contributed by atoms with van der Waals surface area (Å²) >= 11 is 3.19. The second kappa shape index (κ2) is 3.29. The predicted octanol–water partition coefficient (Wildman–Crippen LogP) is 3.34. The SMILES string of the molecule is CC1(C)CC1(C(=O)O)c1cc(F)cc(Br)c1. The summed E-state index contributed by atoms with van der Waals surface area (Å²) in [5.41, 5.74) is -0.708. The first-order valence-corrected chi connectivity index (χ1v) is 5.79. The average Bonchev–Trinajstić information content (AvgIpc) is 2.69. The highest BCUT2D eigenvalue weighted by Crippen LogP contribution is 2.64. The monoisotopic (exact) mass is 286 g/mol. The summed E-state index contributed by atoms with van der Waals surface area (Å²) in [5.74, 6) is -1.29. The smallest absolute Gasteiger partial charge is 0.314 e. The third-order valence-electron chi connectivity index (χ3n) is 3.46. The van der Waals surface area contributed by atoms with Crippen molar-refractivity contribution in [1.29, 1.82) is 0 Å². The van der Waals surface area contributed by atoms with E-state index in [2.05, 4.69) is 15.9 Å². The maximum Gasteiger partial charge on any atom is 0.314 e. The van der Waals surface area contributed by atoms with Crippen LogP contribution in [0.3, 0.4) is 0 Å². The van der Waals surface area contributed by atoms with Crippen LogP contribution in [-0.2, 0) is 10.2 Å². The molecule has 1 unspecified atom stereocenters. The van der Waals surface area contributed by atoms with Crippen molar-refractivity contribution in [3.05, 3.63) is 34.1 Å². The summed E-state index contributed by atoms with van der Waals surface area (Å²) < 4.78 is 13.9. The minimum atomic E-state index is -0.933. The first-order valence-electron chi connectivity index (χ1n) is 4.99. The normalized spacial score (nSPS) is 26.5. The van der Waals surface area contributed by atoms with Crippen molar-refractivity contribution in [3.63, 3.8) is 0 Å². The lowest BCUT2D eigenvalue weighted by Crippen LogP contribution is -2.25. The molecule has 0 aromatic heterocycles. The van der Waals surface area contributed by atoms with E-state index in [1.165, 1.54) is 12.1 Å². The molecule has 0 radical (unpaired) electrons. The molecule has 4 heteroatoms. The molecule has 1 N–H and O–H groups in total. The molecule has 2 rings (SSSR count). The van der Waals surface area contributed by atoms with Gasteiger partial charge in [-0.05, 0) is 35.6 Å². The van der Waals surface area contributed by atoms with Gasteiger partial charge in [-0.25, -0.2) is 4.39 Å². The maximum absolute atomic E-state index is 13.3. The van der Waals surface area contributed by atoms with Crippen LogP contribution in [0.25, 0.3) is 0 Å². The van der Waals surface area contributed by atoms with Gasteiger partial charge in [0.05, 0.1) is 5.41 Å². The molecule has 0 spiro atoms. The van der Waals surface area contributed by atoms with Crippen molar-refractivity contribution in [2.75, 3.05) is 0 Å². The summed E-state index contributed by atoms with van der Waals surface area (Å²) in [6.07, 6.45) is 0.547. The Labute approximate surface area is 102 Å². The molecule has 1 aromatic carbocycles. The Morgan fingerprint density at radius 3 is 2.38 bits per heavy atom. The number of aliphatic carboxylic acids is 1. The fourth-order valence-electron chi connectivity index (χ4n) is 2.40. The van der Waals surface area contributed by atoms with Crippen LogP contribution in [0.4, 0.5) is 4.39 Å². The predicted molar refractivity (Wildman–Crippen MR) is 61.8 cm³/mol. The molecule has 0 aliphatic heterocycles. The molecule has 2 nitrogen and oxygen atoms in total. The lowest BCUT2D eigenvalue weighted by atomic mass is 9.88. The number of carbonyl (C=O) groups is 1. The lowest BCUT2D eigenvalue weighted by molar-refractivity contribution is -0.141. The van der Waals surface area contributed by atoms with Crippen LogP contribution in [0.2, 0.25) is 0 Å². The van der Waals surface area contributed by atoms with E-state index >= 15 is 0 Å². The van der Waals surface area contributed by atoms with E-state index in [4.69, 9.17) is 0 Å². The third kappa shape index (κ3) is 1.47. The Morgan fingerprint density at radius 1 is 1.44 bits per heavy atom. The number of benzene rings is 1. The van der Waals surface area contributed by atoms with Gasteiger partial charge in [-0.3, -0.25) is 4.79 Å². The number of rotatable bonds is 2. The maximum atomic E-state index is 13.3. The average molecular weight is 287 g/mol. The van der Waals surface area contributed by atoms with Gasteiger partial charge in [-0.2, -0.15) is 0 Å². The summed E-state index contributed by atoms with van der Waals surface area (Å²) in [6, 6.07) is 4.33. The van der Waals surface area contributed by atoms with Gasteiger partial charge in [0.15, 0.2) is 0 Å². The summed E-state index contributed by atoms with van der Waals surface area (Å²) in [5, 5.41) is 9.34. The highest BCUT2D eigenvalue weighted by atomic mass is 79.9. The quantitative estimate of drug-likeness (QED) is 0.905. The molecule has 0 bridgehead atoms. The first-order chi connectivity index (χ1) is 7.29. The van der Waals surface area contributed by atoms with Gasteiger partial charge >= 0.3 is 5.97 Å². The Hall–Kier alpha value is -0.900. The molecular weight excluding hydrogens is 275 g/mol. The van der Waals surface area contributed by atoms with Crippen LogP contribution < -0.4 is 0 Å². The second-order valence-electron chi connectivity index (χ2n) is 4.93. The molecule has 0 amide bonds. The fraction of sp³-hybridized carbons (Fsp3) is 0.417. The molecule has 1 saturated carbocycles. The molecule has 1 aliphatic carbocycles. The van der Waals surface area contributed by atoms with Gasteiger partial charge in [0.25, 0.3) is 0 Å². The molecule has 1 atom stereocenters. The molecule has 86 valence electrons. The summed E-state index contributed by atoms with van der Waals surface area (Å²) in [4.78, 5) is 11.4. The third-order valence-corrected chi connectivity index (χ3v) is 3.92. The molecule has 0 heterocycles. The summed E-state index contributed by atoms with van der Waals surface area (Å²) in [6.45, 7) is 3.78. The van der Waals surface area contributed by atoms with Crippen molar-refractivity contribution in [2.45, 2.75) is 25.7 Å². The Kier molecular flexibility index (Phi) is 2.38. The minimum Gasteiger partial charge on any atom is -0.481 e. The molecular formula is C12H12BrFO2. The van der Waals surface area contributed by atoms with E-state index < -0.39 is 17.2 Å². The fourth-order valence-corrected chi connectivity index (χ4v) is 2.87. The number of hydrogen-bond donors (Lipinski definition) is 1. The Balaban J connectivity index is 2.55. The van der Waals surface area contributed by atoms with E-state index in [1.807, 2.05) is 13.8 Å². The summed E-state index contributed by atoms with van der Waals surface area (Å²) in [7, 11) is 0. The standard InChI is InChI=1S/C12H12BrFO2/c1-11(2)6-12(11,10(15)16)7-3-8(13)5-9(14)4-7/h3-5H,6H2,1-2H3,(H,15,16). The van der Waals surface area contributed by atoms with Gasteiger partial charge in [0.2, 0.25) is 0 Å². The van der Waals surface area contributed by atoms with Crippen molar-refractivity contribution in [2.24, 2.45) is 5.41 Å². The Bertz CT molecular complexity index is 450. The van der Waals surface area contributed by atoms with Gasteiger partial charge in [-0.15, -0.1) is 0 Å². The van der Waals surface area contributed by atoms with E-state index in [9.17, 15) is 14.3 Å². The van der Waals surface area contributed by atoms with Crippen LogP contribution in [0.15, 0.2) is 22.7 Å². The second-order valence-corrected chi connectivity index (χ2v) is 5.84. The number of carboxylic acid groups (broad SMARTS) is 1. The van der Waals surface area contributed by atoms with Crippen LogP contribution >= 0.6 is 15.9 Å². The van der Waals surface area contributed by atoms with Crippen LogP contribution in [0.5, 0.6) is 0 Å². The number of hydrogen-bond acceptors (Lipinski definition) is 1. The molecule has 16 heavy (non-hydrogen) atoms. The zero-order chi connectivity index (χ0) is 12.1. The lowest BCUT2D eigenvalue weighted by Gasteiger charge is -2.16. The zero-order valence-corrected chi connectivity index (χ0v) is 10.6. The zero-order valence-electron chi connectivity index (χ0n) is 9.05. The molecule has 1 aliphatic rings. The van der Waals surface area contributed by atoms with Crippen molar-refractivity contribution >= 4 is 21.9 Å². The molecule has 0 saturated heterocycles. The van der Waals surface area contributed by atoms with Gasteiger partial charge in [-0.1, -0.05) is 29.8 Å². The van der Waals surface area contributed by atoms with E-state index in [-0.39, 0.29) is 5.41 Å². The minimum absolute atomic E-state index is 0.313. The van der Waals surface area contributed by atoms with Crippen molar-refractivity contribution in [3.8, 4) is 0 Å².